The number of hydrogen-bond acceptors (Lipinski definition) is 8. The molecule has 0 aliphatic heterocycles. The van der Waals surface area contributed by atoms with E-state index in [1.54, 1.807) is 24.3 Å². The lowest BCUT2D eigenvalue weighted by molar-refractivity contribution is -0.138. The Morgan fingerprint density at radius 1 is 0.857 bits per heavy atom. The van der Waals surface area contributed by atoms with Gasteiger partial charge in [0.05, 0.1) is 31.2 Å². The summed E-state index contributed by atoms with van der Waals surface area (Å²) in [6.45, 7) is 1.68. The number of aliphatic hydroxyl groups is 1. The van der Waals surface area contributed by atoms with Crippen LogP contribution in [0.1, 0.15) is 32.6 Å². The summed E-state index contributed by atoms with van der Waals surface area (Å²) in [6, 6.07) is 29.4. The van der Waals surface area contributed by atoms with E-state index in [4.69, 9.17) is 14.0 Å². The first-order chi connectivity index (χ1) is 26.8. The first-order valence-electron chi connectivity index (χ1n) is 17.3. The molecule has 0 radical (unpaired) electrons. The minimum Gasteiger partial charge on any atom is -0.497 e. The second-order valence-corrected chi connectivity index (χ2v) is 12.9. The highest BCUT2D eigenvalue weighted by atomic mass is 19.4. The smallest absolute Gasteiger partial charge is 0.416 e. The van der Waals surface area contributed by atoms with E-state index in [2.05, 4.69) is 39.7 Å². The fourth-order valence-electron chi connectivity index (χ4n) is 5.89. The van der Waals surface area contributed by atoms with Crippen molar-refractivity contribution >= 4 is 17.5 Å². The van der Waals surface area contributed by atoms with Crippen LogP contribution in [0.2, 0.25) is 0 Å². The molecule has 6 rings (SSSR count). The van der Waals surface area contributed by atoms with Gasteiger partial charge < -0.3 is 29.3 Å². The predicted molar refractivity (Wildman–Crippen MR) is 200 cm³/mol. The number of hydrogen-bond donors (Lipinski definition) is 2. The highest BCUT2D eigenvalue weighted by molar-refractivity contribution is 5.96. The first kappa shape index (κ1) is 39.3. The minimum absolute atomic E-state index is 0.0253. The summed E-state index contributed by atoms with van der Waals surface area (Å²) in [5.74, 6) is -1.97. The quantitative estimate of drug-likeness (QED) is 0.0888. The van der Waals surface area contributed by atoms with E-state index in [1.165, 1.54) is 36.8 Å². The molecular weight excluding hydrogens is 732 g/mol. The number of benzene rings is 5. The molecule has 0 spiro atoms. The van der Waals surface area contributed by atoms with Crippen LogP contribution >= 0.6 is 0 Å². The molecule has 288 valence electrons. The first-order valence-corrected chi connectivity index (χ1v) is 17.3. The summed E-state index contributed by atoms with van der Waals surface area (Å²) in [4.78, 5) is 32.0. The Hall–Kier alpha value is -6.38. The zero-order chi connectivity index (χ0) is 40.0. The van der Waals surface area contributed by atoms with E-state index in [0.29, 0.717) is 22.8 Å². The molecule has 0 aliphatic rings. The van der Waals surface area contributed by atoms with Crippen molar-refractivity contribution in [3.05, 3.63) is 143 Å². The van der Waals surface area contributed by atoms with Gasteiger partial charge in [-0.3, -0.25) is 9.59 Å². The van der Waals surface area contributed by atoms with Crippen LogP contribution in [-0.2, 0) is 28.7 Å². The van der Waals surface area contributed by atoms with Crippen LogP contribution in [0.4, 0.5) is 23.2 Å². The number of carbonyl (C=O) groups is 2. The van der Waals surface area contributed by atoms with E-state index < -0.39 is 42.1 Å². The summed E-state index contributed by atoms with van der Waals surface area (Å²) in [5, 5.41) is 16.7. The molecule has 0 bridgehead atoms. The van der Waals surface area contributed by atoms with Gasteiger partial charge in [-0.1, -0.05) is 77.5 Å². The second kappa shape index (κ2) is 17.0. The van der Waals surface area contributed by atoms with Crippen molar-refractivity contribution in [3.8, 4) is 39.7 Å². The van der Waals surface area contributed by atoms with Gasteiger partial charge in [-0.05, 0) is 71.6 Å². The minimum atomic E-state index is -4.74. The lowest BCUT2D eigenvalue weighted by atomic mass is 10.0. The molecule has 1 atom stereocenters. The maximum Gasteiger partial charge on any atom is 0.416 e. The Bertz CT molecular complexity index is 2310. The Morgan fingerprint density at radius 2 is 1.50 bits per heavy atom. The Labute approximate surface area is 319 Å². The van der Waals surface area contributed by atoms with Crippen molar-refractivity contribution < 1.29 is 46.3 Å². The average molecular weight is 769 g/mol. The van der Waals surface area contributed by atoms with Gasteiger partial charge in [0.15, 0.2) is 6.29 Å². The standard InChI is InChI=1S/C42H36F4N4O6/c1-25-4-8-27(9-5-25)28-12-14-30(15-13-28)40-48-39(49-56-40)29-10-6-26(7-11-29)23-50(24-38(52)55-3)41(53)34-19-17-32(21-36(34)43)47-37(51)20-31-16-18-33(54-2)22-35(31)42(44,45)46/h4-19,21-22,38,52H,20,23-24H2,1-3H3,(H,47,51). The van der Waals surface area contributed by atoms with Crippen molar-refractivity contribution in [1.29, 1.82) is 0 Å². The maximum atomic E-state index is 15.4. The van der Waals surface area contributed by atoms with Crippen LogP contribution in [0.15, 0.2) is 114 Å². The van der Waals surface area contributed by atoms with Crippen LogP contribution in [0.3, 0.4) is 0 Å². The molecule has 14 heteroatoms. The second-order valence-electron chi connectivity index (χ2n) is 12.9. The number of halogens is 4. The van der Waals surface area contributed by atoms with E-state index in [-0.39, 0.29) is 35.7 Å². The number of anilines is 1. The van der Waals surface area contributed by atoms with Gasteiger partial charge in [0.25, 0.3) is 11.8 Å². The highest BCUT2D eigenvalue weighted by Gasteiger charge is 2.34. The molecule has 1 unspecified atom stereocenters. The molecular formula is C42H36F4N4O6. The fourth-order valence-corrected chi connectivity index (χ4v) is 5.89. The SMILES string of the molecule is COc1ccc(CC(=O)Nc2ccc(C(=O)N(Cc3ccc(-c4noc(-c5ccc(-c6ccc(C)cc6)cc5)n4)cc3)CC(O)OC)c(F)c2)c(C(F)(F)F)c1. The molecule has 0 saturated carbocycles. The van der Waals surface area contributed by atoms with Crippen LogP contribution in [-0.4, -0.2) is 59.0 Å². The lowest BCUT2D eigenvalue weighted by Crippen LogP contribution is -2.38. The number of methoxy groups -OCH3 is 2. The molecule has 2 N–H and O–H groups in total. The summed E-state index contributed by atoms with van der Waals surface area (Å²) in [6.07, 6.45) is -6.78. The summed E-state index contributed by atoms with van der Waals surface area (Å²) < 4.78 is 71.6. The molecule has 0 aliphatic carbocycles. The number of rotatable bonds is 13. The molecule has 56 heavy (non-hydrogen) atoms. The maximum absolute atomic E-state index is 15.4. The predicted octanol–water partition coefficient (Wildman–Crippen LogP) is 8.33. The number of carbonyl (C=O) groups excluding carboxylic acids is 2. The Morgan fingerprint density at radius 3 is 2.12 bits per heavy atom. The zero-order valence-electron chi connectivity index (χ0n) is 30.4. The van der Waals surface area contributed by atoms with Crippen LogP contribution < -0.4 is 10.1 Å². The summed E-state index contributed by atoms with van der Waals surface area (Å²) in [7, 11) is 2.48. The third kappa shape index (κ3) is 9.46. The van der Waals surface area contributed by atoms with Gasteiger partial charge in [-0.15, -0.1) is 0 Å². The number of nitrogens with zero attached hydrogens (tertiary/aromatic N) is 3. The van der Waals surface area contributed by atoms with Crippen molar-refractivity contribution in [2.45, 2.75) is 32.4 Å². The fraction of sp³-hybridized carbons (Fsp3) is 0.190. The number of alkyl halides is 3. The number of amides is 2. The molecule has 0 saturated heterocycles. The van der Waals surface area contributed by atoms with Gasteiger partial charge >= 0.3 is 6.18 Å². The van der Waals surface area contributed by atoms with Crippen LogP contribution in [0.5, 0.6) is 5.75 Å². The Balaban J connectivity index is 1.12. The van der Waals surface area contributed by atoms with E-state index in [9.17, 15) is 27.9 Å². The monoisotopic (exact) mass is 768 g/mol. The third-order valence-electron chi connectivity index (χ3n) is 8.92. The third-order valence-corrected chi connectivity index (χ3v) is 8.92. The Kier molecular flexibility index (Phi) is 11.9. The van der Waals surface area contributed by atoms with Crippen molar-refractivity contribution in [2.24, 2.45) is 0 Å². The molecule has 5 aromatic carbocycles. The normalized spacial score (nSPS) is 11.9. The zero-order valence-corrected chi connectivity index (χ0v) is 30.4. The van der Waals surface area contributed by atoms with E-state index in [1.807, 2.05) is 31.2 Å². The van der Waals surface area contributed by atoms with Crippen molar-refractivity contribution in [3.63, 3.8) is 0 Å². The van der Waals surface area contributed by atoms with Crippen LogP contribution in [0.25, 0.3) is 34.0 Å². The molecule has 0 fully saturated rings. The van der Waals surface area contributed by atoms with Crippen LogP contribution in [0, 0.1) is 12.7 Å². The number of ether oxygens (including phenoxy) is 2. The summed E-state index contributed by atoms with van der Waals surface area (Å²) >= 11 is 0. The molecule has 6 aromatic rings. The van der Waals surface area contributed by atoms with Crippen molar-refractivity contribution in [1.82, 2.24) is 15.0 Å². The van der Waals surface area contributed by atoms with Gasteiger partial charge in [0.1, 0.15) is 11.6 Å². The largest absolute Gasteiger partial charge is 0.497 e. The molecule has 1 heterocycles. The summed E-state index contributed by atoms with van der Waals surface area (Å²) in [5.41, 5.74) is 3.55. The molecule has 1 aromatic heterocycles. The van der Waals surface area contributed by atoms with Crippen molar-refractivity contribution in [2.75, 3.05) is 26.1 Å². The van der Waals surface area contributed by atoms with Gasteiger partial charge in [-0.2, -0.15) is 18.2 Å². The number of aromatic nitrogens is 2. The average Bonchev–Trinajstić information content (AvgIpc) is 3.68. The molecule has 2 amide bonds. The lowest BCUT2D eigenvalue weighted by Gasteiger charge is -2.25. The van der Waals surface area contributed by atoms with E-state index in [0.717, 1.165) is 41.0 Å². The number of aliphatic hydroxyl groups excluding tert-OH is 1. The van der Waals surface area contributed by atoms with Gasteiger partial charge in [-0.25, -0.2) is 4.39 Å². The van der Waals surface area contributed by atoms with Gasteiger partial charge in [0.2, 0.25) is 11.7 Å². The highest BCUT2D eigenvalue weighted by Crippen LogP contribution is 2.35. The molecule has 10 nitrogen and oxygen atoms in total. The topological polar surface area (TPSA) is 127 Å². The van der Waals surface area contributed by atoms with Gasteiger partial charge in [0, 0.05) is 30.5 Å². The number of aryl methyl sites for hydroxylation is 1. The van der Waals surface area contributed by atoms with E-state index >= 15 is 4.39 Å². The number of nitrogens with one attached hydrogen (secondary N) is 1.